The number of benzene rings is 2. The van der Waals surface area contributed by atoms with Gasteiger partial charge in [-0.3, -0.25) is 0 Å². The molecular formula is C16H17F2NO. The number of aryl methyl sites for hydroxylation is 1. The second kappa shape index (κ2) is 6.48. The van der Waals surface area contributed by atoms with Crippen molar-refractivity contribution >= 4 is 0 Å². The van der Waals surface area contributed by atoms with Crippen LogP contribution in [0.15, 0.2) is 36.4 Å². The van der Waals surface area contributed by atoms with Crippen molar-refractivity contribution in [2.75, 3.05) is 6.54 Å². The van der Waals surface area contributed by atoms with Crippen LogP contribution in [-0.4, -0.2) is 6.54 Å². The topological polar surface area (TPSA) is 21.3 Å². The minimum absolute atomic E-state index is 0.159. The molecule has 106 valence electrons. The predicted molar refractivity (Wildman–Crippen MR) is 75.0 cm³/mol. The molecule has 2 aromatic carbocycles. The molecule has 0 fully saturated rings. The molecule has 0 aliphatic heterocycles. The molecular weight excluding hydrogens is 260 g/mol. The lowest BCUT2D eigenvalue weighted by Gasteiger charge is -2.11. The Balaban J connectivity index is 2.23. The molecule has 0 spiro atoms. The summed E-state index contributed by atoms with van der Waals surface area (Å²) >= 11 is 0. The molecule has 2 nitrogen and oxygen atoms in total. The zero-order valence-corrected chi connectivity index (χ0v) is 11.5. The van der Waals surface area contributed by atoms with Crippen molar-refractivity contribution in [2.24, 2.45) is 0 Å². The van der Waals surface area contributed by atoms with E-state index < -0.39 is 11.6 Å². The van der Waals surface area contributed by atoms with Gasteiger partial charge in [0, 0.05) is 24.7 Å². The predicted octanol–water partition coefficient (Wildman–Crippen LogP) is 4.18. The van der Waals surface area contributed by atoms with E-state index in [2.05, 4.69) is 5.32 Å². The highest BCUT2D eigenvalue weighted by Gasteiger charge is 2.06. The Morgan fingerprint density at radius 3 is 2.40 bits per heavy atom. The summed E-state index contributed by atoms with van der Waals surface area (Å²) in [6, 6.07) is 8.95. The first kappa shape index (κ1) is 14.5. The van der Waals surface area contributed by atoms with E-state index in [1.54, 1.807) is 0 Å². The monoisotopic (exact) mass is 277 g/mol. The molecule has 4 heteroatoms. The Labute approximate surface area is 117 Å². The Kier molecular flexibility index (Phi) is 4.69. The smallest absolute Gasteiger partial charge is 0.133 e. The van der Waals surface area contributed by atoms with Crippen molar-refractivity contribution < 1.29 is 13.5 Å². The third kappa shape index (κ3) is 3.78. The summed E-state index contributed by atoms with van der Waals surface area (Å²) in [5.41, 5.74) is 1.97. The summed E-state index contributed by atoms with van der Waals surface area (Å²) in [6.45, 7) is 5.52. The van der Waals surface area contributed by atoms with Gasteiger partial charge in [0.25, 0.3) is 0 Å². The van der Waals surface area contributed by atoms with E-state index in [0.717, 1.165) is 30.3 Å². The third-order valence-corrected chi connectivity index (χ3v) is 2.90. The van der Waals surface area contributed by atoms with Crippen LogP contribution in [0.3, 0.4) is 0 Å². The van der Waals surface area contributed by atoms with E-state index in [0.29, 0.717) is 5.75 Å². The van der Waals surface area contributed by atoms with Gasteiger partial charge in [-0.05, 0) is 30.7 Å². The van der Waals surface area contributed by atoms with Crippen molar-refractivity contribution in [3.05, 3.63) is 59.2 Å². The lowest BCUT2D eigenvalue weighted by atomic mass is 10.1. The molecule has 0 aliphatic rings. The lowest BCUT2D eigenvalue weighted by Crippen LogP contribution is -2.11. The molecule has 0 aromatic heterocycles. The van der Waals surface area contributed by atoms with Crippen molar-refractivity contribution in [1.29, 1.82) is 0 Å². The summed E-state index contributed by atoms with van der Waals surface area (Å²) in [5, 5.41) is 3.22. The zero-order valence-electron chi connectivity index (χ0n) is 11.5. The standard InChI is InChI=1S/C16H17F2NO/c1-3-19-10-12-5-4-11(2)16(6-12)20-15-8-13(17)7-14(18)9-15/h4-9,19H,3,10H2,1-2H3. The fourth-order valence-electron chi connectivity index (χ4n) is 1.85. The van der Waals surface area contributed by atoms with Gasteiger partial charge in [-0.25, -0.2) is 8.78 Å². The largest absolute Gasteiger partial charge is 0.457 e. The Bertz CT molecular complexity index is 579. The molecule has 0 heterocycles. The van der Waals surface area contributed by atoms with Crippen molar-refractivity contribution in [3.8, 4) is 11.5 Å². The van der Waals surface area contributed by atoms with E-state index in [1.807, 2.05) is 32.0 Å². The highest BCUT2D eigenvalue weighted by atomic mass is 19.1. The fraction of sp³-hybridized carbons (Fsp3) is 0.250. The molecule has 1 N–H and O–H groups in total. The average molecular weight is 277 g/mol. The summed E-state index contributed by atoms with van der Waals surface area (Å²) in [7, 11) is 0. The Hall–Kier alpha value is -1.94. The van der Waals surface area contributed by atoms with Gasteiger partial charge in [-0.1, -0.05) is 19.1 Å². The molecule has 0 bridgehead atoms. The summed E-state index contributed by atoms with van der Waals surface area (Å²) in [6.07, 6.45) is 0. The van der Waals surface area contributed by atoms with Gasteiger partial charge >= 0.3 is 0 Å². The lowest BCUT2D eigenvalue weighted by molar-refractivity contribution is 0.464. The first-order valence-corrected chi connectivity index (χ1v) is 6.52. The molecule has 0 aliphatic carbocycles. The number of hydrogen-bond acceptors (Lipinski definition) is 2. The maximum absolute atomic E-state index is 13.1. The number of ether oxygens (including phenoxy) is 1. The summed E-state index contributed by atoms with van der Waals surface area (Å²) < 4.78 is 31.9. The summed E-state index contributed by atoms with van der Waals surface area (Å²) in [5.74, 6) is -0.542. The molecule has 0 amide bonds. The number of nitrogens with one attached hydrogen (secondary N) is 1. The highest BCUT2D eigenvalue weighted by Crippen LogP contribution is 2.27. The van der Waals surface area contributed by atoms with Gasteiger partial charge in [-0.2, -0.15) is 0 Å². The molecule has 0 saturated heterocycles. The van der Waals surface area contributed by atoms with Gasteiger partial charge in [0.1, 0.15) is 23.1 Å². The summed E-state index contributed by atoms with van der Waals surface area (Å²) in [4.78, 5) is 0. The number of rotatable bonds is 5. The quantitative estimate of drug-likeness (QED) is 0.885. The fourth-order valence-corrected chi connectivity index (χ4v) is 1.85. The van der Waals surface area contributed by atoms with Crippen LogP contribution in [0.25, 0.3) is 0 Å². The van der Waals surface area contributed by atoms with Crippen molar-refractivity contribution in [2.45, 2.75) is 20.4 Å². The molecule has 0 radical (unpaired) electrons. The average Bonchev–Trinajstić information content (AvgIpc) is 2.38. The Morgan fingerprint density at radius 2 is 1.75 bits per heavy atom. The molecule has 0 atom stereocenters. The third-order valence-electron chi connectivity index (χ3n) is 2.90. The van der Waals surface area contributed by atoms with Crippen LogP contribution >= 0.6 is 0 Å². The van der Waals surface area contributed by atoms with Crippen LogP contribution < -0.4 is 10.1 Å². The van der Waals surface area contributed by atoms with E-state index in [-0.39, 0.29) is 5.75 Å². The van der Waals surface area contributed by atoms with Crippen LogP contribution in [0.2, 0.25) is 0 Å². The van der Waals surface area contributed by atoms with E-state index in [1.165, 1.54) is 12.1 Å². The van der Waals surface area contributed by atoms with Crippen LogP contribution in [0.4, 0.5) is 8.78 Å². The van der Waals surface area contributed by atoms with Gasteiger partial charge in [0.2, 0.25) is 0 Å². The molecule has 20 heavy (non-hydrogen) atoms. The van der Waals surface area contributed by atoms with Gasteiger partial charge < -0.3 is 10.1 Å². The van der Waals surface area contributed by atoms with Gasteiger partial charge in [0.15, 0.2) is 0 Å². The molecule has 0 unspecified atom stereocenters. The minimum atomic E-state index is -0.651. The first-order valence-electron chi connectivity index (χ1n) is 6.52. The minimum Gasteiger partial charge on any atom is -0.457 e. The van der Waals surface area contributed by atoms with Crippen LogP contribution in [-0.2, 0) is 6.54 Å². The van der Waals surface area contributed by atoms with Crippen LogP contribution in [0, 0.1) is 18.6 Å². The second-order valence-electron chi connectivity index (χ2n) is 4.59. The van der Waals surface area contributed by atoms with E-state index in [9.17, 15) is 8.78 Å². The van der Waals surface area contributed by atoms with E-state index in [4.69, 9.17) is 4.74 Å². The normalized spacial score (nSPS) is 10.6. The van der Waals surface area contributed by atoms with Crippen LogP contribution in [0.1, 0.15) is 18.1 Å². The van der Waals surface area contributed by atoms with E-state index >= 15 is 0 Å². The van der Waals surface area contributed by atoms with Crippen LogP contribution in [0.5, 0.6) is 11.5 Å². The van der Waals surface area contributed by atoms with Crippen molar-refractivity contribution in [1.82, 2.24) is 5.32 Å². The first-order chi connectivity index (χ1) is 9.58. The molecule has 2 aromatic rings. The van der Waals surface area contributed by atoms with Gasteiger partial charge in [-0.15, -0.1) is 0 Å². The van der Waals surface area contributed by atoms with Gasteiger partial charge in [0.05, 0.1) is 0 Å². The number of halogens is 2. The molecule has 0 saturated carbocycles. The molecule has 2 rings (SSSR count). The SMILES string of the molecule is CCNCc1ccc(C)c(Oc2cc(F)cc(F)c2)c1. The zero-order chi connectivity index (χ0) is 14.5. The maximum Gasteiger partial charge on any atom is 0.133 e. The Morgan fingerprint density at radius 1 is 1.05 bits per heavy atom. The highest BCUT2D eigenvalue weighted by molar-refractivity contribution is 5.40. The number of hydrogen-bond donors (Lipinski definition) is 1. The maximum atomic E-state index is 13.1. The second-order valence-corrected chi connectivity index (χ2v) is 4.59. The van der Waals surface area contributed by atoms with Crippen molar-refractivity contribution in [3.63, 3.8) is 0 Å².